The van der Waals surface area contributed by atoms with Gasteiger partial charge in [-0.15, -0.1) is 10.2 Å². The average molecular weight is 391 g/mol. The van der Waals surface area contributed by atoms with E-state index in [-0.39, 0.29) is 5.75 Å². The van der Waals surface area contributed by atoms with Gasteiger partial charge >= 0.3 is 5.97 Å². The van der Waals surface area contributed by atoms with E-state index in [1.807, 2.05) is 41.0 Å². The summed E-state index contributed by atoms with van der Waals surface area (Å²) >= 11 is 4.54. The van der Waals surface area contributed by atoms with Gasteiger partial charge in [0.1, 0.15) is 0 Å². The van der Waals surface area contributed by atoms with Crippen LogP contribution in [0.5, 0.6) is 0 Å². The molecule has 1 aromatic carbocycles. The lowest BCUT2D eigenvalue weighted by atomic mass is 10.2. The van der Waals surface area contributed by atoms with Gasteiger partial charge in [0, 0.05) is 28.1 Å². The van der Waals surface area contributed by atoms with E-state index in [1.54, 1.807) is 12.4 Å². The quantitative estimate of drug-likeness (QED) is 0.673. The molecule has 6 nitrogen and oxygen atoms in total. The fourth-order valence-electron chi connectivity index (χ4n) is 2.00. The van der Waals surface area contributed by atoms with Crippen LogP contribution in [0.2, 0.25) is 0 Å². The molecule has 0 aliphatic rings. The molecule has 0 unspecified atom stereocenters. The summed E-state index contributed by atoms with van der Waals surface area (Å²) in [4.78, 5) is 14.9. The predicted molar refractivity (Wildman–Crippen MR) is 90.6 cm³/mol. The van der Waals surface area contributed by atoms with Crippen molar-refractivity contribution in [2.24, 2.45) is 0 Å². The van der Waals surface area contributed by atoms with Crippen molar-refractivity contribution in [2.45, 2.75) is 5.16 Å². The summed E-state index contributed by atoms with van der Waals surface area (Å²) in [5.41, 5.74) is 1.72. The van der Waals surface area contributed by atoms with Gasteiger partial charge in [0.15, 0.2) is 11.0 Å². The molecule has 0 amide bonds. The number of benzene rings is 1. The molecule has 8 heteroatoms. The maximum atomic E-state index is 10.8. The second-order valence-corrected chi connectivity index (χ2v) is 6.39. The number of aliphatic carboxylic acids is 1. The highest BCUT2D eigenvalue weighted by molar-refractivity contribution is 9.10. The minimum atomic E-state index is -0.897. The van der Waals surface area contributed by atoms with Crippen LogP contribution in [0.3, 0.4) is 0 Å². The van der Waals surface area contributed by atoms with E-state index in [4.69, 9.17) is 5.11 Å². The number of carbonyl (C=O) groups is 1. The number of carboxylic acid groups (broad SMARTS) is 1. The first-order valence-corrected chi connectivity index (χ1v) is 8.39. The molecule has 0 atom stereocenters. The van der Waals surface area contributed by atoms with Crippen LogP contribution in [0, 0.1) is 0 Å². The molecule has 116 valence electrons. The monoisotopic (exact) mass is 390 g/mol. The molecule has 2 aromatic heterocycles. The predicted octanol–water partition coefficient (Wildman–Crippen LogP) is 3.27. The Hall–Kier alpha value is -2.19. The van der Waals surface area contributed by atoms with Crippen molar-refractivity contribution in [1.29, 1.82) is 0 Å². The van der Waals surface area contributed by atoms with Crippen molar-refractivity contribution in [3.8, 4) is 17.1 Å². The highest BCUT2D eigenvalue weighted by Crippen LogP contribution is 2.28. The first-order chi connectivity index (χ1) is 11.1. The smallest absolute Gasteiger partial charge is 0.313 e. The maximum absolute atomic E-state index is 10.8. The Morgan fingerprint density at radius 2 is 1.83 bits per heavy atom. The molecule has 0 radical (unpaired) electrons. The Kier molecular flexibility index (Phi) is 4.73. The summed E-state index contributed by atoms with van der Waals surface area (Å²) < 4.78 is 2.80. The van der Waals surface area contributed by atoms with Crippen molar-refractivity contribution in [3.05, 3.63) is 53.3 Å². The first kappa shape index (κ1) is 15.7. The van der Waals surface area contributed by atoms with Crippen LogP contribution in [-0.4, -0.2) is 36.6 Å². The third-order valence-electron chi connectivity index (χ3n) is 2.98. The van der Waals surface area contributed by atoms with E-state index in [0.29, 0.717) is 11.0 Å². The molecule has 0 bridgehead atoms. The first-order valence-electron chi connectivity index (χ1n) is 6.61. The standard InChI is InChI=1S/C15H11BrN4O2S/c16-11-1-3-12(4-2-11)20-14(10-5-7-17-8-6-10)18-19-15(20)23-9-13(21)22/h1-8H,9H2,(H,21,22). The Bertz CT molecular complexity index is 821. The van der Waals surface area contributed by atoms with Gasteiger partial charge in [-0.05, 0) is 36.4 Å². The van der Waals surface area contributed by atoms with E-state index in [9.17, 15) is 4.79 Å². The molecule has 0 saturated carbocycles. The number of nitrogens with zero attached hydrogens (tertiary/aromatic N) is 4. The Morgan fingerprint density at radius 1 is 1.13 bits per heavy atom. The molecule has 3 rings (SSSR count). The van der Waals surface area contributed by atoms with Gasteiger partial charge in [0.25, 0.3) is 0 Å². The highest BCUT2D eigenvalue weighted by Gasteiger charge is 2.17. The van der Waals surface area contributed by atoms with Crippen LogP contribution < -0.4 is 0 Å². The molecule has 0 saturated heterocycles. The fourth-order valence-corrected chi connectivity index (χ4v) is 2.94. The minimum absolute atomic E-state index is 0.0784. The summed E-state index contributed by atoms with van der Waals surface area (Å²) in [5.74, 6) is -0.334. The van der Waals surface area contributed by atoms with E-state index in [1.165, 1.54) is 0 Å². The maximum Gasteiger partial charge on any atom is 0.313 e. The normalized spacial score (nSPS) is 10.7. The number of carboxylic acids is 1. The van der Waals surface area contributed by atoms with Crippen molar-refractivity contribution < 1.29 is 9.90 Å². The number of aromatic nitrogens is 4. The zero-order valence-electron chi connectivity index (χ0n) is 11.8. The molecule has 3 aromatic rings. The molecule has 0 fully saturated rings. The summed E-state index contributed by atoms with van der Waals surface area (Å²) in [6.07, 6.45) is 3.36. The molecule has 0 aliphatic carbocycles. The number of pyridine rings is 1. The van der Waals surface area contributed by atoms with E-state index in [0.717, 1.165) is 27.5 Å². The second kappa shape index (κ2) is 6.93. The van der Waals surface area contributed by atoms with Crippen LogP contribution in [0.25, 0.3) is 17.1 Å². The zero-order chi connectivity index (χ0) is 16.2. The van der Waals surface area contributed by atoms with Crippen LogP contribution in [-0.2, 0) is 4.79 Å². The molecule has 1 N–H and O–H groups in total. The topological polar surface area (TPSA) is 80.9 Å². The minimum Gasteiger partial charge on any atom is -0.481 e. The number of hydrogen-bond acceptors (Lipinski definition) is 5. The number of halogens is 1. The molecule has 23 heavy (non-hydrogen) atoms. The van der Waals surface area contributed by atoms with Gasteiger partial charge in [0.2, 0.25) is 0 Å². The van der Waals surface area contributed by atoms with Crippen molar-refractivity contribution in [1.82, 2.24) is 19.7 Å². The molecule has 2 heterocycles. The van der Waals surface area contributed by atoms with Crippen LogP contribution in [0.15, 0.2) is 58.4 Å². The third kappa shape index (κ3) is 3.59. The van der Waals surface area contributed by atoms with Crippen LogP contribution >= 0.6 is 27.7 Å². The van der Waals surface area contributed by atoms with Crippen molar-refractivity contribution >= 4 is 33.7 Å². The van der Waals surface area contributed by atoms with Crippen molar-refractivity contribution in [3.63, 3.8) is 0 Å². The van der Waals surface area contributed by atoms with Gasteiger partial charge in [0.05, 0.1) is 5.75 Å². The average Bonchev–Trinajstić information content (AvgIpc) is 2.98. The number of thioether (sulfide) groups is 1. The summed E-state index contributed by atoms with van der Waals surface area (Å²) in [7, 11) is 0. The summed E-state index contributed by atoms with van der Waals surface area (Å²) in [5, 5.41) is 17.8. The van der Waals surface area contributed by atoms with Crippen LogP contribution in [0.1, 0.15) is 0 Å². The van der Waals surface area contributed by atoms with E-state index >= 15 is 0 Å². The van der Waals surface area contributed by atoms with Crippen molar-refractivity contribution in [2.75, 3.05) is 5.75 Å². The van der Waals surface area contributed by atoms with Gasteiger partial charge in [-0.3, -0.25) is 14.3 Å². The molecular formula is C15H11BrN4O2S. The highest BCUT2D eigenvalue weighted by atomic mass is 79.9. The van der Waals surface area contributed by atoms with E-state index < -0.39 is 5.97 Å². The lowest BCUT2D eigenvalue weighted by Gasteiger charge is -2.10. The van der Waals surface area contributed by atoms with Gasteiger partial charge in [-0.25, -0.2) is 0 Å². The van der Waals surface area contributed by atoms with Gasteiger partial charge in [-0.2, -0.15) is 0 Å². The molecule has 0 aliphatic heterocycles. The molecular weight excluding hydrogens is 380 g/mol. The van der Waals surface area contributed by atoms with Gasteiger partial charge in [-0.1, -0.05) is 27.7 Å². The van der Waals surface area contributed by atoms with E-state index in [2.05, 4.69) is 31.1 Å². The molecule has 0 spiro atoms. The third-order valence-corrected chi connectivity index (χ3v) is 4.42. The lowest BCUT2D eigenvalue weighted by Crippen LogP contribution is -2.03. The van der Waals surface area contributed by atoms with Gasteiger partial charge < -0.3 is 5.11 Å². The summed E-state index contributed by atoms with van der Waals surface area (Å²) in [6, 6.07) is 11.3. The largest absolute Gasteiger partial charge is 0.481 e. The SMILES string of the molecule is O=C(O)CSc1nnc(-c2ccncc2)n1-c1ccc(Br)cc1. The number of hydrogen-bond donors (Lipinski definition) is 1. The number of rotatable bonds is 5. The Balaban J connectivity index is 2.10. The Labute approximate surface area is 144 Å². The zero-order valence-corrected chi connectivity index (χ0v) is 14.2. The second-order valence-electron chi connectivity index (χ2n) is 4.54. The van der Waals surface area contributed by atoms with Crippen LogP contribution in [0.4, 0.5) is 0 Å². The summed E-state index contributed by atoms with van der Waals surface area (Å²) in [6.45, 7) is 0. The Morgan fingerprint density at radius 3 is 2.48 bits per heavy atom. The fraction of sp³-hybridized carbons (Fsp3) is 0.0667. The lowest BCUT2D eigenvalue weighted by molar-refractivity contribution is -0.133.